The van der Waals surface area contributed by atoms with Crippen LogP contribution in [0.5, 0.6) is 0 Å². The molecule has 0 aliphatic carbocycles. The lowest BCUT2D eigenvalue weighted by Crippen LogP contribution is -2.30. The Kier molecular flexibility index (Phi) is 6.11. The summed E-state index contributed by atoms with van der Waals surface area (Å²) in [5.74, 6) is -0.176. The standard InChI is InChI=1S/C23H26N4O2S/c1-26-22(29)19-10-9-16(13-20(19)25-23(26)30)21(28)24-14-17-7-3-4-8-18(17)15-27-11-5-2-6-12-27/h3-4,7-10,13H,2,5-6,11-12,14-15H2,1H3,(H,24,28)(H,25,30). The number of hydrogen-bond acceptors (Lipinski definition) is 4. The second-order valence-corrected chi connectivity index (χ2v) is 8.23. The van der Waals surface area contributed by atoms with Gasteiger partial charge in [0.2, 0.25) is 0 Å². The SMILES string of the molecule is Cn1c(=S)[nH]c2cc(C(=O)NCc3ccccc3CN3CCCCC3)ccc2c1=O. The van der Waals surface area contributed by atoms with Crippen LogP contribution in [0, 0.1) is 4.77 Å². The Hall–Kier alpha value is -2.77. The molecule has 4 rings (SSSR count). The van der Waals surface area contributed by atoms with E-state index in [9.17, 15) is 9.59 Å². The molecular formula is C23H26N4O2S. The molecule has 7 heteroatoms. The van der Waals surface area contributed by atoms with Crippen molar-refractivity contribution < 1.29 is 4.79 Å². The maximum atomic E-state index is 12.8. The number of nitrogens with zero attached hydrogens (tertiary/aromatic N) is 2. The normalized spacial score (nSPS) is 14.7. The molecule has 1 saturated heterocycles. The maximum Gasteiger partial charge on any atom is 0.261 e. The van der Waals surface area contributed by atoms with Crippen molar-refractivity contribution in [2.45, 2.75) is 32.4 Å². The summed E-state index contributed by atoms with van der Waals surface area (Å²) < 4.78 is 1.72. The summed E-state index contributed by atoms with van der Waals surface area (Å²) in [5.41, 5.74) is 3.28. The number of carbonyl (C=O) groups is 1. The fraction of sp³-hybridized carbons (Fsp3) is 0.348. The van der Waals surface area contributed by atoms with Gasteiger partial charge in [0.15, 0.2) is 4.77 Å². The number of carbonyl (C=O) groups excluding carboxylic acids is 1. The fourth-order valence-electron chi connectivity index (χ4n) is 3.97. The summed E-state index contributed by atoms with van der Waals surface area (Å²) in [7, 11) is 1.63. The van der Waals surface area contributed by atoms with E-state index in [1.165, 1.54) is 29.4 Å². The van der Waals surface area contributed by atoms with Gasteiger partial charge in [-0.2, -0.15) is 0 Å². The second kappa shape index (κ2) is 8.93. The monoisotopic (exact) mass is 422 g/mol. The first-order valence-corrected chi connectivity index (χ1v) is 10.7. The summed E-state index contributed by atoms with van der Waals surface area (Å²) in [6, 6.07) is 13.3. The van der Waals surface area contributed by atoms with Crippen molar-refractivity contribution in [3.63, 3.8) is 0 Å². The Morgan fingerprint density at radius 3 is 2.60 bits per heavy atom. The van der Waals surface area contributed by atoms with Crippen molar-refractivity contribution >= 4 is 29.0 Å². The average Bonchev–Trinajstić information content (AvgIpc) is 2.77. The number of rotatable bonds is 5. The van der Waals surface area contributed by atoms with E-state index >= 15 is 0 Å². The number of benzene rings is 2. The van der Waals surface area contributed by atoms with Crippen molar-refractivity contribution in [2.75, 3.05) is 13.1 Å². The van der Waals surface area contributed by atoms with Crippen molar-refractivity contribution in [2.24, 2.45) is 7.05 Å². The zero-order chi connectivity index (χ0) is 21.1. The molecule has 1 fully saturated rings. The van der Waals surface area contributed by atoms with Crippen LogP contribution >= 0.6 is 12.2 Å². The molecule has 0 bridgehead atoms. The van der Waals surface area contributed by atoms with Crippen molar-refractivity contribution in [3.8, 4) is 0 Å². The number of hydrogen-bond donors (Lipinski definition) is 2. The van der Waals surface area contributed by atoms with Gasteiger partial charge >= 0.3 is 0 Å². The largest absolute Gasteiger partial charge is 0.348 e. The number of piperidine rings is 1. The van der Waals surface area contributed by atoms with Crippen molar-refractivity contribution in [3.05, 3.63) is 74.3 Å². The van der Waals surface area contributed by atoms with Crippen molar-refractivity contribution in [1.29, 1.82) is 0 Å². The van der Waals surface area contributed by atoms with Crippen LogP contribution in [0.15, 0.2) is 47.3 Å². The van der Waals surface area contributed by atoms with Gasteiger partial charge in [-0.1, -0.05) is 30.7 Å². The minimum atomic E-state index is -0.176. The Balaban J connectivity index is 1.49. The molecule has 0 saturated carbocycles. The third-order valence-corrected chi connectivity index (χ3v) is 6.14. The van der Waals surface area contributed by atoms with Crippen LogP contribution in [-0.4, -0.2) is 33.4 Å². The molecule has 0 unspecified atom stereocenters. The highest BCUT2D eigenvalue weighted by molar-refractivity contribution is 7.71. The van der Waals surface area contributed by atoms with Gasteiger partial charge in [-0.05, 0) is 67.5 Å². The second-order valence-electron chi connectivity index (χ2n) is 7.84. The maximum absolute atomic E-state index is 12.8. The Bertz CT molecular complexity index is 1190. The van der Waals surface area contributed by atoms with Gasteiger partial charge < -0.3 is 10.3 Å². The third-order valence-electron chi connectivity index (χ3n) is 5.76. The fourth-order valence-corrected chi connectivity index (χ4v) is 4.16. The minimum absolute atomic E-state index is 0.174. The third kappa shape index (κ3) is 4.37. The van der Waals surface area contributed by atoms with Crippen LogP contribution in [0.2, 0.25) is 0 Å². The van der Waals surface area contributed by atoms with E-state index in [0.717, 1.165) is 25.2 Å². The topological polar surface area (TPSA) is 70.1 Å². The van der Waals surface area contributed by atoms with E-state index in [4.69, 9.17) is 12.2 Å². The molecule has 2 N–H and O–H groups in total. The average molecular weight is 423 g/mol. The van der Waals surface area contributed by atoms with Gasteiger partial charge in [0.1, 0.15) is 0 Å². The quantitative estimate of drug-likeness (QED) is 0.618. The number of amides is 1. The van der Waals surface area contributed by atoms with E-state index in [-0.39, 0.29) is 11.5 Å². The van der Waals surface area contributed by atoms with E-state index in [0.29, 0.717) is 27.8 Å². The lowest BCUT2D eigenvalue weighted by atomic mass is 10.0. The Labute approximate surface area is 180 Å². The Morgan fingerprint density at radius 2 is 1.83 bits per heavy atom. The Morgan fingerprint density at radius 1 is 1.10 bits per heavy atom. The zero-order valence-corrected chi connectivity index (χ0v) is 17.9. The van der Waals surface area contributed by atoms with Crippen LogP contribution in [-0.2, 0) is 20.1 Å². The number of aromatic nitrogens is 2. The van der Waals surface area contributed by atoms with Gasteiger partial charge in [0, 0.05) is 25.7 Å². The first-order chi connectivity index (χ1) is 14.5. The van der Waals surface area contributed by atoms with Crippen LogP contribution in [0.25, 0.3) is 10.9 Å². The lowest BCUT2D eigenvalue weighted by molar-refractivity contribution is 0.0951. The molecule has 0 spiro atoms. The molecule has 6 nitrogen and oxygen atoms in total. The first kappa shape index (κ1) is 20.5. The molecule has 2 aromatic carbocycles. The van der Waals surface area contributed by atoms with Gasteiger partial charge in [-0.15, -0.1) is 0 Å². The number of likely N-dealkylation sites (tertiary alicyclic amines) is 1. The van der Waals surface area contributed by atoms with Gasteiger partial charge in [-0.3, -0.25) is 19.1 Å². The predicted octanol–water partition coefficient (Wildman–Crippen LogP) is 3.51. The molecule has 0 radical (unpaired) electrons. The number of fused-ring (bicyclic) bond motifs is 1. The number of nitrogens with one attached hydrogen (secondary N) is 2. The molecule has 2 heterocycles. The van der Waals surface area contributed by atoms with Gasteiger partial charge in [0.05, 0.1) is 10.9 Å². The molecule has 0 atom stereocenters. The van der Waals surface area contributed by atoms with Crippen LogP contribution < -0.4 is 10.9 Å². The van der Waals surface area contributed by atoms with Crippen LogP contribution in [0.3, 0.4) is 0 Å². The zero-order valence-electron chi connectivity index (χ0n) is 17.1. The predicted molar refractivity (Wildman–Crippen MR) is 121 cm³/mol. The first-order valence-electron chi connectivity index (χ1n) is 10.3. The van der Waals surface area contributed by atoms with E-state index in [2.05, 4.69) is 33.4 Å². The molecule has 156 valence electrons. The highest BCUT2D eigenvalue weighted by Crippen LogP contribution is 2.17. The van der Waals surface area contributed by atoms with Gasteiger partial charge in [0.25, 0.3) is 11.5 Å². The van der Waals surface area contributed by atoms with E-state index < -0.39 is 0 Å². The highest BCUT2D eigenvalue weighted by atomic mass is 32.1. The molecule has 1 aliphatic rings. The minimum Gasteiger partial charge on any atom is -0.348 e. The van der Waals surface area contributed by atoms with Gasteiger partial charge in [-0.25, -0.2) is 0 Å². The summed E-state index contributed by atoms with van der Waals surface area (Å²) >= 11 is 5.18. The summed E-state index contributed by atoms with van der Waals surface area (Å²) in [6.07, 6.45) is 3.83. The van der Waals surface area contributed by atoms with Crippen molar-refractivity contribution in [1.82, 2.24) is 19.8 Å². The molecule has 1 amide bonds. The number of aromatic amines is 1. The lowest BCUT2D eigenvalue weighted by Gasteiger charge is -2.27. The highest BCUT2D eigenvalue weighted by Gasteiger charge is 2.14. The van der Waals surface area contributed by atoms with E-state index in [1.807, 2.05) is 6.07 Å². The van der Waals surface area contributed by atoms with E-state index in [1.54, 1.807) is 25.2 Å². The smallest absolute Gasteiger partial charge is 0.261 e. The molecule has 1 aliphatic heterocycles. The van der Waals surface area contributed by atoms with Crippen LogP contribution in [0.1, 0.15) is 40.7 Å². The van der Waals surface area contributed by atoms with Crippen LogP contribution in [0.4, 0.5) is 0 Å². The summed E-state index contributed by atoms with van der Waals surface area (Å²) in [5, 5.41) is 3.53. The molecular weight excluding hydrogens is 396 g/mol. The molecule has 1 aromatic heterocycles. The molecule has 3 aromatic rings. The summed E-state index contributed by atoms with van der Waals surface area (Å²) in [6.45, 7) is 3.66. The summed E-state index contributed by atoms with van der Waals surface area (Å²) in [4.78, 5) is 30.6. The molecule has 30 heavy (non-hydrogen) atoms. The number of H-pyrrole nitrogens is 1.